The van der Waals surface area contributed by atoms with Gasteiger partial charge >= 0.3 is 5.97 Å². The highest BCUT2D eigenvalue weighted by atomic mass is 79.9. The topological polar surface area (TPSA) is 75.5 Å². The second kappa shape index (κ2) is 5.34. The van der Waals surface area contributed by atoms with Gasteiger partial charge in [0.1, 0.15) is 12.1 Å². The van der Waals surface area contributed by atoms with E-state index >= 15 is 0 Å². The van der Waals surface area contributed by atoms with Crippen molar-refractivity contribution in [1.29, 1.82) is 0 Å². The van der Waals surface area contributed by atoms with Gasteiger partial charge in [0, 0.05) is 11.0 Å². The Labute approximate surface area is 123 Å². The van der Waals surface area contributed by atoms with Gasteiger partial charge in [0.25, 0.3) is 0 Å². The highest BCUT2D eigenvalue weighted by Crippen LogP contribution is 2.30. The second-order valence-corrected chi connectivity index (χ2v) is 5.33. The van der Waals surface area contributed by atoms with Crippen molar-refractivity contribution in [2.45, 2.75) is 6.10 Å². The molecule has 1 aliphatic heterocycles. The third-order valence-corrected chi connectivity index (χ3v) is 3.89. The first-order chi connectivity index (χ1) is 9.66. The van der Waals surface area contributed by atoms with E-state index in [2.05, 4.69) is 25.9 Å². The van der Waals surface area contributed by atoms with E-state index in [1.165, 1.54) is 6.33 Å². The fourth-order valence-corrected chi connectivity index (χ4v) is 2.82. The van der Waals surface area contributed by atoms with Crippen molar-refractivity contribution in [3.05, 3.63) is 29.0 Å². The van der Waals surface area contributed by atoms with Crippen LogP contribution in [0.25, 0.3) is 10.9 Å². The summed E-state index contributed by atoms with van der Waals surface area (Å²) in [7, 11) is 0. The summed E-state index contributed by atoms with van der Waals surface area (Å²) in [6.45, 7) is 1.26. The molecule has 0 amide bonds. The summed E-state index contributed by atoms with van der Waals surface area (Å²) in [6.07, 6.45) is 0.672. The van der Waals surface area contributed by atoms with Crippen LogP contribution in [0.3, 0.4) is 0 Å². The van der Waals surface area contributed by atoms with Crippen LogP contribution in [0, 0.1) is 0 Å². The number of hydrogen-bond acceptors (Lipinski definition) is 5. The maximum Gasteiger partial charge on any atom is 0.334 e. The van der Waals surface area contributed by atoms with E-state index in [4.69, 9.17) is 9.84 Å². The minimum absolute atomic E-state index is 0.281. The third kappa shape index (κ3) is 2.34. The van der Waals surface area contributed by atoms with Crippen molar-refractivity contribution in [2.24, 2.45) is 0 Å². The molecule has 1 N–H and O–H groups in total. The van der Waals surface area contributed by atoms with Crippen molar-refractivity contribution in [3.8, 4) is 0 Å². The summed E-state index contributed by atoms with van der Waals surface area (Å²) in [6, 6.07) is 5.73. The molecule has 0 unspecified atom stereocenters. The lowest BCUT2D eigenvalue weighted by Gasteiger charge is -2.32. The van der Waals surface area contributed by atoms with Crippen LogP contribution in [-0.4, -0.2) is 46.8 Å². The van der Waals surface area contributed by atoms with Gasteiger partial charge in [-0.2, -0.15) is 0 Å². The van der Waals surface area contributed by atoms with Gasteiger partial charge in [-0.3, -0.25) is 0 Å². The van der Waals surface area contributed by atoms with Crippen LogP contribution < -0.4 is 4.90 Å². The number of aliphatic carboxylic acids is 1. The normalized spacial score (nSPS) is 19.2. The molecule has 2 heterocycles. The molecule has 104 valence electrons. The number of aromatic nitrogens is 2. The minimum atomic E-state index is -0.952. The fourth-order valence-electron chi connectivity index (χ4n) is 2.28. The number of carbonyl (C=O) groups is 1. The van der Waals surface area contributed by atoms with Crippen molar-refractivity contribution >= 4 is 38.6 Å². The first-order valence-corrected chi connectivity index (χ1v) is 6.94. The Morgan fingerprint density at radius 3 is 3.10 bits per heavy atom. The van der Waals surface area contributed by atoms with E-state index in [9.17, 15) is 4.79 Å². The van der Waals surface area contributed by atoms with Gasteiger partial charge in [-0.25, -0.2) is 14.8 Å². The molecule has 1 fully saturated rings. The molecule has 7 heteroatoms. The van der Waals surface area contributed by atoms with Crippen LogP contribution in [0.2, 0.25) is 0 Å². The van der Waals surface area contributed by atoms with Gasteiger partial charge in [0.2, 0.25) is 0 Å². The molecule has 1 aliphatic rings. The molecule has 1 aromatic heterocycles. The monoisotopic (exact) mass is 337 g/mol. The molecule has 3 rings (SSSR count). The van der Waals surface area contributed by atoms with Crippen LogP contribution in [-0.2, 0) is 9.53 Å². The van der Waals surface area contributed by atoms with Gasteiger partial charge in [-0.15, -0.1) is 0 Å². The molecule has 0 bridgehead atoms. The van der Waals surface area contributed by atoms with Crippen LogP contribution in [0.1, 0.15) is 0 Å². The Morgan fingerprint density at radius 1 is 1.45 bits per heavy atom. The average molecular weight is 338 g/mol. The summed E-state index contributed by atoms with van der Waals surface area (Å²) >= 11 is 3.50. The Hall–Kier alpha value is -1.73. The minimum Gasteiger partial charge on any atom is -0.479 e. The van der Waals surface area contributed by atoms with E-state index < -0.39 is 12.1 Å². The quantitative estimate of drug-likeness (QED) is 0.898. The average Bonchev–Trinajstić information content (AvgIpc) is 2.47. The summed E-state index contributed by atoms with van der Waals surface area (Å²) < 4.78 is 6.13. The number of benzene rings is 1. The highest BCUT2D eigenvalue weighted by Gasteiger charge is 2.28. The maximum atomic E-state index is 11.1. The Morgan fingerprint density at radius 2 is 2.30 bits per heavy atom. The first kappa shape index (κ1) is 13.3. The molecule has 1 aromatic carbocycles. The fraction of sp³-hybridized carbons (Fsp3) is 0.308. The molecule has 0 saturated carbocycles. The van der Waals surface area contributed by atoms with Gasteiger partial charge in [-0.05, 0) is 28.1 Å². The first-order valence-electron chi connectivity index (χ1n) is 6.15. The molecular formula is C13H12BrN3O3. The van der Waals surface area contributed by atoms with E-state index in [0.29, 0.717) is 13.2 Å². The van der Waals surface area contributed by atoms with E-state index in [1.54, 1.807) is 0 Å². The zero-order chi connectivity index (χ0) is 14.1. The summed E-state index contributed by atoms with van der Waals surface area (Å²) in [5.41, 5.74) is 0.822. The molecule has 1 atom stereocenters. The molecular weight excluding hydrogens is 326 g/mol. The predicted molar refractivity (Wildman–Crippen MR) is 76.8 cm³/mol. The molecule has 6 nitrogen and oxygen atoms in total. The molecule has 0 spiro atoms. The Kier molecular flexibility index (Phi) is 3.54. The summed E-state index contributed by atoms with van der Waals surface area (Å²) in [5.74, 6) is -0.218. The number of carboxylic acid groups (broad SMARTS) is 1. The highest BCUT2D eigenvalue weighted by molar-refractivity contribution is 9.10. The lowest BCUT2D eigenvalue weighted by Crippen LogP contribution is -2.46. The SMILES string of the molecule is O=C(O)[C@@H]1CN(c2ncnc3cccc(Br)c23)CCO1. The van der Waals surface area contributed by atoms with Gasteiger partial charge < -0.3 is 14.7 Å². The number of fused-ring (bicyclic) bond motifs is 1. The van der Waals surface area contributed by atoms with Crippen molar-refractivity contribution in [3.63, 3.8) is 0 Å². The third-order valence-electron chi connectivity index (χ3n) is 3.23. The predicted octanol–water partition coefficient (Wildman–Crippen LogP) is 1.68. The molecule has 0 aliphatic carbocycles. The lowest BCUT2D eigenvalue weighted by atomic mass is 10.2. The zero-order valence-corrected chi connectivity index (χ0v) is 12.1. The largest absolute Gasteiger partial charge is 0.479 e. The number of rotatable bonds is 2. The smallest absolute Gasteiger partial charge is 0.334 e. The van der Waals surface area contributed by atoms with Crippen molar-refractivity contribution < 1.29 is 14.6 Å². The van der Waals surface area contributed by atoms with Gasteiger partial charge in [0.15, 0.2) is 6.10 Å². The Balaban J connectivity index is 2.03. The number of halogens is 1. The van der Waals surface area contributed by atoms with E-state index in [1.807, 2.05) is 23.1 Å². The lowest BCUT2D eigenvalue weighted by molar-refractivity contribution is -0.150. The molecule has 0 radical (unpaired) electrons. The zero-order valence-electron chi connectivity index (χ0n) is 10.5. The molecule has 20 heavy (non-hydrogen) atoms. The maximum absolute atomic E-state index is 11.1. The number of nitrogens with zero attached hydrogens (tertiary/aromatic N) is 3. The van der Waals surface area contributed by atoms with Crippen molar-refractivity contribution in [1.82, 2.24) is 9.97 Å². The second-order valence-electron chi connectivity index (χ2n) is 4.47. The van der Waals surface area contributed by atoms with Crippen LogP contribution in [0.5, 0.6) is 0 Å². The van der Waals surface area contributed by atoms with E-state index in [-0.39, 0.29) is 6.54 Å². The van der Waals surface area contributed by atoms with Gasteiger partial charge in [-0.1, -0.05) is 6.07 Å². The number of carboxylic acids is 1. The molecule has 1 saturated heterocycles. The van der Waals surface area contributed by atoms with E-state index in [0.717, 1.165) is 21.2 Å². The number of ether oxygens (including phenoxy) is 1. The number of morpholine rings is 1. The van der Waals surface area contributed by atoms with Crippen molar-refractivity contribution in [2.75, 3.05) is 24.6 Å². The number of hydrogen-bond donors (Lipinski definition) is 1. The summed E-state index contributed by atoms with van der Waals surface area (Å²) in [5, 5.41) is 9.97. The van der Waals surface area contributed by atoms with Crippen LogP contribution >= 0.6 is 15.9 Å². The van der Waals surface area contributed by atoms with Gasteiger partial charge in [0.05, 0.1) is 24.1 Å². The standard InChI is InChI=1S/C13H12BrN3O3/c14-8-2-1-3-9-11(8)12(16-7-15-9)17-4-5-20-10(6-17)13(18)19/h1-3,7,10H,4-6H2,(H,18,19)/t10-/m0/s1. The Bertz CT molecular complexity index is 659. The van der Waals surface area contributed by atoms with Crippen LogP contribution in [0.15, 0.2) is 29.0 Å². The summed E-state index contributed by atoms with van der Waals surface area (Å²) in [4.78, 5) is 21.6. The van der Waals surface area contributed by atoms with Crippen LogP contribution in [0.4, 0.5) is 5.82 Å². The number of anilines is 1. The molecule has 2 aromatic rings.